The largest absolute Gasteiger partial charge is 0.507 e. The number of hydrogen-bond donors (Lipinski definition) is 1. The van der Waals surface area contributed by atoms with Gasteiger partial charge < -0.3 is 24.4 Å². The van der Waals surface area contributed by atoms with E-state index in [4.69, 9.17) is 9.47 Å². The van der Waals surface area contributed by atoms with Crippen LogP contribution in [0.4, 0.5) is 0 Å². The highest BCUT2D eigenvalue weighted by Crippen LogP contribution is 2.40. The lowest BCUT2D eigenvalue weighted by Gasteiger charge is -2.28. The number of hydrogen-bond acceptors (Lipinski definition) is 6. The molecule has 0 saturated carbocycles. The topological polar surface area (TPSA) is 79.3 Å². The maximum atomic E-state index is 13.3. The van der Waals surface area contributed by atoms with Crippen molar-refractivity contribution in [3.8, 4) is 11.5 Å². The van der Waals surface area contributed by atoms with Crippen LogP contribution in [-0.4, -0.2) is 66.0 Å². The lowest BCUT2D eigenvalue weighted by atomic mass is 9.95. The number of aliphatic hydroxyl groups excluding tert-OH is 1. The van der Waals surface area contributed by atoms with Crippen LogP contribution in [-0.2, 0) is 9.59 Å². The number of ether oxygens (including phenoxy) is 2. The Kier molecular flexibility index (Phi) is 9.94. The van der Waals surface area contributed by atoms with Gasteiger partial charge in [-0.3, -0.25) is 9.59 Å². The molecule has 0 spiro atoms. The van der Waals surface area contributed by atoms with E-state index in [1.54, 1.807) is 29.2 Å². The Hall–Kier alpha value is -3.32. The predicted octanol–water partition coefficient (Wildman–Crippen LogP) is 5.03. The fraction of sp³-hybridized carbons (Fsp3) is 0.448. The second-order valence-electron chi connectivity index (χ2n) is 8.81. The van der Waals surface area contributed by atoms with Crippen molar-refractivity contribution in [3.05, 3.63) is 65.2 Å². The van der Waals surface area contributed by atoms with Gasteiger partial charge in [0.1, 0.15) is 17.3 Å². The van der Waals surface area contributed by atoms with Gasteiger partial charge >= 0.3 is 0 Å². The summed E-state index contributed by atoms with van der Waals surface area (Å²) in [6, 6.07) is 13.7. The van der Waals surface area contributed by atoms with Crippen molar-refractivity contribution in [1.82, 2.24) is 9.80 Å². The Morgan fingerprint density at radius 1 is 0.917 bits per heavy atom. The molecule has 1 atom stereocenters. The van der Waals surface area contributed by atoms with E-state index in [0.29, 0.717) is 43.4 Å². The molecule has 1 amide bonds. The fourth-order valence-corrected chi connectivity index (χ4v) is 4.32. The third kappa shape index (κ3) is 6.26. The van der Waals surface area contributed by atoms with Crippen LogP contribution in [0.25, 0.3) is 5.76 Å². The van der Waals surface area contributed by atoms with Gasteiger partial charge in [-0.15, -0.1) is 0 Å². The Morgan fingerprint density at radius 3 is 2.17 bits per heavy atom. The van der Waals surface area contributed by atoms with Gasteiger partial charge in [-0.25, -0.2) is 0 Å². The van der Waals surface area contributed by atoms with Gasteiger partial charge in [0, 0.05) is 18.7 Å². The molecule has 0 aliphatic carbocycles. The van der Waals surface area contributed by atoms with Crippen molar-refractivity contribution >= 4 is 17.4 Å². The average molecular weight is 495 g/mol. The van der Waals surface area contributed by atoms with Gasteiger partial charge in [0.25, 0.3) is 11.7 Å². The lowest BCUT2D eigenvalue weighted by Crippen LogP contribution is -2.38. The summed E-state index contributed by atoms with van der Waals surface area (Å²) in [6.07, 6.45) is 1.75. The minimum atomic E-state index is -0.707. The third-order valence-corrected chi connectivity index (χ3v) is 6.34. The van der Waals surface area contributed by atoms with E-state index < -0.39 is 17.7 Å². The number of amides is 1. The van der Waals surface area contributed by atoms with Gasteiger partial charge in [0.05, 0.1) is 24.8 Å². The standard InChI is InChI=1S/C29H38N2O5/c1-5-18-35-23-14-12-21(13-15-23)27(32)25-26(22-10-9-11-24(20-22)36-19-6-2)31(29(34)28(25)33)17-16-30(7-3)8-4/h9-15,20,26,32H,5-8,16-19H2,1-4H3/b27-25+. The molecule has 194 valence electrons. The molecular formula is C29H38N2O5. The molecule has 0 radical (unpaired) electrons. The molecule has 1 N–H and O–H groups in total. The predicted molar refractivity (Wildman–Crippen MR) is 141 cm³/mol. The van der Waals surface area contributed by atoms with Crippen LogP contribution in [0, 0.1) is 0 Å². The summed E-state index contributed by atoms with van der Waals surface area (Å²) in [5.41, 5.74) is 1.28. The van der Waals surface area contributed by atoms with E-state index in [-0.39, 0.29) is 11.3 Å². The SMILES string of the molecule is CCCOc1ccc(/C(O)=C2\C(=O)C(=O)N(CCN(CC)CC)C2c2cccc(OCCC)c2)cc1. The normalized spacial score (nSPS) is 17.1. The maximum Gasteiger partial charge on any atom is 0.295 e. The summed E-state index contributed by atoms with van der Waals surface area (Å²) in [7, 11) is 0. The zero-order valence-electron chi connectivity index (χ0n) is 21.8. The highest BCUT2D eigenvalue weighted by molar-refractivity contribution is 6.46. The zero-order chi connectivity index (χ0) is 26.1. The van der Waals surface area contributed by atoms with Crippen molar-refractivity contribution in [2.75, 3.05) is 39.4 Å². The average Bonchev–Trinajstić information content (AvgIpc) is 3.16. The van der Waals surface area contributed by atoms with Gasteiger partial charge in [0.2, 0.25) is 0 Å². The molecule has 2 aromatic rings. The quantitative estimate of drug-likeness (QED) is 0.239. The van der Waals surface area contributed by atoms with Crippen molar-refractivity contribution in [2.45, 2.75) is 46.6 Å². The molecule has 1 saturated heterocycles. The van der Waals surface area contributed by atoms with E-state index in [1.807, 2.05) is 38.1 Å². The highest BCUT2D eigenvalue weighted by atomic mass is 16.5. The summed E-state index contributed by atoms with van der Waals surface area (Å²) in [5.74, 6) is -0.114. The molecule has 2 aromatic carbocycles. The number of carbonyl (C=O) groups excluding carboxylic acids is 2. The van der Waals surface area contributed by atoms with Crippen molar-refractivity contribution < 1.29 is 24.2 Å². The Balaban J connectivity index is 2.04. The van der Waals surface area contributed by atoms with Crippen LogP contribution in [0.2, 0.25) is 0 Å². The van der Waals surface area contributed by atoms with E-state index in [0.717, 1.165) is 31.5 Å². The minimum absolute atomic E-state index is 0.0921. The number of aliphatic hydroxyl groups is 1. The summed E-state index contributed by atoms with van der Waals surface area (Å²) in [5, 5.41) is 11.3. The Morgan fingerprint density at radius 2 is 1.56 bits per heavy atom. The summed E-state index contributed by atoms with van der Waals surface area (Å²) in [6.45, 7) is 12.1. The number of likely N-dealkylation sites (N-methyl/N-ethyl adjacent to an activating group) is 1. The Labute approximate surface area is 214 Å². The lowest BCUT2D eigenvalue weighted by molar-refractivity contribution is -0.140. The molecule has 1 aliphatic heterocycles. The zero-order valence-corrected chi connectivity index (χ0v) is 21.8. The fourth-order valence-electron chi connectivity index (χ4n) is 4.32. The second kappa shape index (κ2) is 13.1. The number of rotatable bonds is 13. The number of Topliss-reactive ketones (excluding diaryl/α,β-unsaturated/α-hetero) is 1. The molecule has 1 aliphatic rings. The smallest absolute Gasteiger partial charge is 0.295 e. The van der Waals surface area contributed by atoms with Gasteiger partial charge in [-0.1, -0.05) is 39.8 Å². The van der Waals surface area contributed by atoms with Crippen molar-refractivity contribution in [2.24, 2.45) is 0 Å². The molecule has 1 unspecified atom stereocenters. The molecular weight excluding hydrogens is 456 g/mol. The van der Waals surface area contributed by atoms with Crippen LogP contribution in [0.3, 0.4) is 0 Å². The first kappa shape index (κ1) is 27.3. The monoisotopic (exact) mass is 494 g/mol. The highest BCUT2D eigenvalue weighted by Gasteiger charge is 2.46. The number of likely N-dealkylation sites (tertiary alicyclic amines) is 1. The van der Waals surface area contributed by atoms with E-state index >= 15 is 0 Å². The van der Waals surface area contributed by atoms with Gasteiger partial charge in [0.15, 0.2) is 0 Å². The number of nitrogens with zero attached hydrogens (tertiary/aromatic N) is 2. The molecule has 0 aromatic heterocycles. The van der Waals surface area contributed by atoms with Crippen LogP contribution >= 0.6 is 0 Å². The van der Waals surface area contributed by atoms with Crippen LogP contribution < -0.4 is 9.47 Å². The van der Waals surface area contributed by atoms with Crippen molar-refractivity contribution in [3.63, 3.8) is 0 Å². The number of carbonyl (C=O) groups is 2. The molecule has 36 heavy (non-hydrogen) atoms. The number of benzene rings is 2. The number of ketones is 1. The first-order valence-corrected chi connectivity index (χ1v) is 12.9. The first-order valence-electron chi connectivity index (χ1n) is 12.9. The van der Waals surface area contributed by atoms with E-state index in [2.05, 4.69) is 18.7 Å². The first-order chi connectivity index (χ1) is 17.4. The van der Waals surface area contributed by atoms with Crippen LogP contribution in [0.1, 0.15) is 57.7 Å². The van der Waals surface area contributed by atoms with Gasteiger partial charge in [-0.05, 0) is 67.9 Å². The molecule has 3 rings (SSSR count). The van der Waals surface area contributed by atoms with E-state index in [9.17, 15) is 14.7 Å². The third-order valence-electron chi connectivity index (χ3n) is 6.34. The molecule has 7 heteroatoms. The minimum Gasteiger partial charge on any atom is -0.507 e. The second-order valence-corrected chi connectivity index (χ2v) is 8.81. The molecule has 1 heterocycles. The summed E-state index contributed by atoms with van der Waals surface area (Å²) >= 11 is 0. The van der Waals surface area contributed by atoms with Crippen LogP contribution in [0.5, 0.6) is 11.5 Å². The van der Waals surface area contributed by atoms with Gasteiger partial charge in [-0.2, -0.15) is 0 Å². The van der Waals surface area contributed by atoms with Crippen molar-refractivity contribution in [1.29, 1.82) is 0 Å². The summed E-state index contributed by atoms with van der Waals surface area (Å²) < 4.78 is 11.5. The molecule has 7 nitrogen and oxygen atoms in total. The van der Waals surface area contributed by atoms with Crippen LogP contribution in [0.15, 0.2) is 54.1 Å². The summed E-state index contributed by atoms with van der Waals surface area (Å²) in [4.78, 5) is 30.3. The molecule has 1 fully saturated rings. The molecule has 0 bridgehead atoms. The van der Waals surface area contributed by atoms with E-state index in [1.165, 1.54) is 0 Å². The maximum absolute atomic E-state index is 13.3. The Bertz CT molecular complexity index is 1060.